The second-order valence-electron chi connectivity index (χ2n) is 2.92. The van der Waals surface area contributed by atoms with Crippen LogP contribution in [0, 0.1) is 10.5 Å². The highest BCUT2D eigenvalue weighted by atomic mass is 127. The molecule has 0 radical (unpaired) electrons. The normalized spacial score (nSPS) is 11.6. The molecule has 1 rings (SSSR count). The maximum atomic E-state index is 12.4. The Morgan fingerprint density at radius 2 is 2.06 bits per heavy atom. The van der Waals surface area contributed by atoms with Crippen molar-refractivity contribution < 1.29 is 27.1 Å². The SMILES string of the molecule is CCOC(=O)c1oc(C(F)(F)F)c(C)c1I. The zero-order chi connectivity index (χ0) is 12.5. The lowest BCUT2D eigenvalue weighted by Crippen LogP contribution is -2.05. The number of hydrogen-bond acceptors (Lipinski definition) is 3. The van der Waals surface area contributed by atoms with Crippen LogP contribution in [0.3, 0.4) is 0 Å². The molecular weight excluding hydrogens is 340 g/mol. The molecule has 1 aromatic heterocycles. The van der Waals surface area contributed by atoms with Crippen LogP contribution >= 0.6 is 22.6 Å². The van der Waals surface area contributed by atoms with Crippen LogP contribution < -0.4 is 0 Å². The van der Waals surface area contributed by atoms with Crippen molar-refractivity contribution in [2.24, 2.45) is 0 Å². The number of furan rings is 1. The highest BCUT2D eigenvalue weighted by Crippen LogP contribution is 2.36. The number of ether oxygens (including phenoxy) is 1. The fraction of sp³-hybridized carbons (Fsp3) is 0.444. The van der Waals surface area contributed by atoms with Crippen LogP contribution in [0.1, 0.15) is 28.8 Å². The second kappa shape index (κ2) is 4.64. The molecule has 1 heterocycles. The summed E-state index contributed by atoms with van der Waals surface area (Å²) in [6, 6.07) is 0. The van der Waals surface area contributed by atoms with E-state index in [1.807, 2.05) is 0 Å². The molecule has 0 unspecified atom stereocenters. The van der Waals surface area contributed by atoms with Crippen molar-refractivity contribution in [3.8, 4) is 0 Å². The lowest BCUT2D eigenvalue weighted by molar-refractivity contribution is -0.153. The van der Waals surface area contributed by atoms with Gasteiger partial charge in [0, 0.05) is 5.56 Å². The number of rotatable bonds is 2. The van der Waals surface area contributed by atoms with Gasteiger partial charge in [-0.05, 0) is 36.4 Å². The van der Waals surface area contributed by atoms with Crippen LogP contribution in [0.15, 0.2) is 4.42 Å². The minimum atomic E-state index is -4.60. The zero-order valence-corrected chi connectivity index (χ0v) is 10.6. The molecule has 0 amide bonds. The molecule has 0 atom stereocenters. The maximum Gasteiger partial charge on any atom is 0.449 e. The van der Waals surface area contributed by atoms with E-state index in [9.17, 15) is 18.0 Å². The predicted molar refractivity (Wildman–Crippen MR) is 57.1 cm³/mol. The number of esters is 1. The summed E-state index contributed by atoms with van der Waals surface area (Å²) in [4.78, 5) is 11.3. The van der Waals surface area contributed by atoms with E-state index < -0.39 is 23.7 Å². The molecule has 3 nitrogen and oxygen atoms in total. The van der Waals surface area contributed by atoms with E-state index in [1.54, 1.807) is 29.5 Å². The molecule has 0 saturated carbocycles. The average Bonchev–Trinajstić information content (AvgIpc) is 2.44. The fourth-order valence-corrected chi connectivity index (χ4v) is 1.67. The Hall–Kier alpha value is -0.730. The first-order valence-corrected chi connectivity index (χ1v) is 5.40. The van der Waals surface area contributed by atoms with Gasteiger partial charge in [0.25, 0.3) is 0 Å². The quantitative estimate of drug-likeness (QED) is 0.608. The predicted octanol–water partition coefficient (Wildman–Crippen LogP) is 3.39. The van der Waals surface area contributed by atoms with E-state index in [2.05, 4.69) is 9.15 Å². The highest BCUT2D eigenvalue weighted by Gasteiger charge is 2.40. The third-order valence-electron chi connectivity index (χ3n) is 1.79. The standard InChI is InChI=1S/C9H8F3IO3/c1-3-15-8(14)6-5(13)4(2)7(16-6)9(10,11)12/h3H2,1-2H3. The van der Waals surface area contributed by atoms with E-state index in [1.165, 1.54) is 6.92 Å². The van der Waals surface area contributed by atoms with E-state index in [0.29, 0.717) is 0 Å². The average molecular weight is 348 g/mol. The van der Waals surface area contributed by atoms with E-state index in [0.717, 1.165) is 0 Å². The van der Waals surface area contributed by atoms with Crippen molar-refractivity contribution in [2.45, 2.75) is 20.0 Å². The van der Waals surface area contributed by atoms with Gasteiger partial charge in [-0.3, -0.25) is 0 Å². The van der Waals surface area contributed by atoms with Gasteiger partial charge in [-0.25, -0.2) is 4.79 Å². The molecule has 0 bridgehead atoms. The van der Waals surface area contributed by atoms with Gasteiger partial charge >= 0.3 is 12.1 Å². The molecule has 0 N–H and O–H groups in total. The number of carbonyl (C=O) groups excluding carboxylic acids is 1. The zero-order valence-electron chi connectivity index (χ0n) is 8.44. The van der Waals surface area contributed by atoms with Crippen LogP contribution in [-0.2, 0) is 10.9 Å². The Kier molecular flexibility index (Phi) is 3.87. The van der Waals surface area contributed by atoms with Gasteiger partial charge < -0.3 is 9.15 Å². The van der Waals surface area contributed by atoms with Crippen LogP contribution in [-0.4, -0.2) is 12.6 Å². The topological polar surface area (TPSA) is 39.4 Å². The van der Waals surface area contributed by atoms with Gasteiger partial charge in [-0.2, -0.15) is 13.2 Å². The first-order valence-electron chi connectivity index (χ1n) is 4.32. The van der Waals surface area contributed by atoms with Crippen molar-refractivity contribution in [1.29, 1.82) is 0 Å². The van der Waals surface area contributed by atoms with Crippen molar-refractivity contribution in [2.75, 3.05) is 6.61 Å². The monoisotopic (exact) mass is 348 g/mol. The van der Waals surface area contributed by atoms with E-state index in [4.69, 9.17) is 0 Å². The molecule has 0 aliphatic heterocycles. The Labute approximate surface area is 103 Å². The molecule has 0 saturated heterocycles. The van der Waals surface area contributed by atoms with E-state index >= 15 is 0 Å². The summed E-state index contributed by atoms with van der Waals surface area (Å²) in [5.41, 5.74) is -0.101. The number of halogens is 4. The van der Waals surface area contributed by atoms with Gasteiger partial charge in [0.05, 0.1) is 10.2 Å². The highest BCUT2D eigenvalue weighted by molar-refractivity contribution is 14.1. The lowest BCUT2D eigenvalue weighted by Gasteiger charge is -2.02. The van der Waals surface area contributed by atoms with Gasteiger partial charge in [-0.1, -0.05) is 0 Å². The van der Waals surface area contributed by atoms with Gasteiger partial charge in [-0.15, -0.1) is 0 Å². The Balaban J connectivity index is 3.20. The number of carbonyl (C=O) groups is 1. The van der Waals surface area contributed by atoms with Crippen molar-refractivity contribution >= 4 is 28.6 Å². The molecule has 1 aromatic rings. The van der Waals surface area contributed by atoms with Crippen molar-refractivity contribution in [1.82, 2.24) is 0 Å². The summed E-state index contributed by atoms with van der Waals surface area (Å²) in [5, 5.41) is 0. The van der Waals surface area contributed by atoms with Crippen LogP contribution in [0.4, 0.5) is 13.2 Å². The van der Waals surface area contributed by atoms with Crippen molar-refractivity contribution in [3.63, 3.8) is 0 Å². The Bertz CT molecular complexity index is 409. The summed E-state index contributed by atoms with van der Waals surface area (Å²) in [6.45, 7) is 2.89. The number of hydrogen-bond donors (Lipinski definition) is 0. The minimum Gasteiger partial charge on any atom is -0.460 e. The maximum absolute atomic E-state index is 12.4. The lowest BCUT2D eigenvalue weighted by atomic mass is 10.2. The van der Waals surface area contributed by atoms with Gasteiger partial charge in [0.1, 0.15) is 0 Å². The molecule has 0 aliphatic carbocycles. The molecule has 16 heavy (non-hydrogen) atoms. The van der Waals surface area contributed by atoms with Crippen LogP contribution in [0.5, 0.6) is 0 Å². The Morgan fingerprint density at radius 1 is 1.50 bits per heavy atom. The van der Waals surface area contributed by atoms with Crippen molar-refractivity contribution in [3.05, 3.63) is 20.7 Å². The van der Waals surface area contributed by atoms with Gasteiger partial charge in [0.2, 0.25) is 11.5 Å². The molecule has 0 aromatic carbocycles. The summed E-state index contributed by atoms with van der Waals surface area (Å²) >= 11 is 1.63. The van der Waals surface area contributed by atoms with Crippen LogP contribution in [0.25, 0.3) is 0 Å². The fourth-order valence-electron chi connectivity index (χ4n) is 1.09. The van der Waals surface area contributed by atoms with Gasteiger partial charge in [0.15, 0.2) is 0 Å². The largest absolute Gasteiger partial charge is 0.460 e. The summed E-state index contributed by atoms with van der Waals surface area (Å²) in [7, 11) is 0. The van der Waals surface area contributed by atoms with Crippen LogP contribution in [0.2, 0.25) is 0 Å². The number of alkyl halides is 3. The summed E-state index contributed by atoms with van der Waals surface area (Å²) in [5.74, 6) is -2.43. The summed E-state index contributed by atoms with van der Waals surface area (Å²) in [6.07, 6.45) is -4.60. The molecular formula is C9H8F3IO3. The first-order chi connectivity index (χ1) is 7.29. The third-order valence-corrected chi connectivity index (χ3v) is 3.09. The smallest absolute Gasteiger partial charge is 0.449 e. The Morgan fingerprint density at radius 3 is 2.44 bits per heavy atom. The molecule has 0 spiro atoms. The summed E-state index contributed by atoms with van der Waals surface area (Å²) < 4.78 is 46.6. The molecule has 90 valence electrons. The minimum absolute atomic E-state index is 0.0794. The molecule has 0 aliphatic rings. The molecule has 7 heteroatoms. The molecule has 0 fully saturated rings. The second-order valence-corrected chi connectivity index (χ2v) is 4.00. The first kappa shape index (κ1) is 13.3. The van der Waals surface area contributed by atoms with E-state index in [-0.39, 0.29) is 15.7 Å². The third kappa shape index (κ3) is 2.50.